The van der Waals surface area contributed by atoms with Crippen LogP contribution in [0, 0.1) is 6.92 Å². The summed E-state index contributed by atoms with van der Waals surface area (Å²) in [6.45, 7) is 2.11. The SMILES string of the molecule is CNC(Cc1ccccn1)c1cc(C)ccc1Br. The Morgan fingerprint density at radius 3 is 2.78 bits per heavy atom. The molecule has 0 amide bonds. The predicted molar refractivity (Wildman–Crippen MR) is 78.6 cm³/mol. The lowest BCUT2D eigenvalue weighted by molar-refractivity contribution is 0.582. The number of aromatic nitrogens is 1. The van der Waals surface area contributed by atoms with Crippen LogP contribution in [0.2, 0.25) is 0 Å². The normalized spacial score (nSPS) is 12.4. The van der Waals surface area contributed by atoms with Gasteiger partial charge in [0.2, 0.25) is 0 Å². The van der Waals surface area contributed by atoms with Crippen LogP contribution in [0.5, 0.6) is 0 Å². The maximum absolute atomic E-state index is 4.39. The van der Waals surface area contributed by atoms with Crippen LogP contribution in [0.25, 0.3) is 0 Å². The van der Waals surface area contributed by atoms with Crippen LogP contribution in [-0.4, -0.2) is 12.0 Å². The molecule has 0 saturated carbocycles. The molecule has 18 heavy (non-hydrogen) atoms. The number of benzene rings is 1. The number of nitrogens with one attached hydrogen (secondary N) is 1. The van der Waals surface area contributed by atoms with Gasteiger partial charge in [-0.05, 0) is 37.7 Å². The van der Waals surface area contributed by atoms with Gasteiger partial charge in [0.05, 0.1) is 0 Å². The van der Waals surface area contributed by atoms with Gasteiger partial charge in [0.25, 0.3) is 0 Å². The zero-order valence-corrected chi connectivity index (χ0v) is 12.2. The van der Waals surface area contributed by atoms with Crippen LogP contribution in [0.1, 0.15) is 22.9 Å². The van der Waals surface area contributed by atoms with Gasteiger partial charge in [0.15, 0.2) is 0 Å². The third kappa shape index (κ3) is 3.18. The van der Waals surface area contributed by atoms with Crippen LogP contribution >= 0.6 is 15.9 Å². The largest absolute Gasteiger partial charge is 0.313 e. The quantitative estimate of drug-likeness (QED) is 0.932. The third-order valence-electron chi connectivity index (χ3n) is 3.01. The number of likely N-dealkylation sites (N-methyl/N-ethyl adjacent to an activating group) is 1. The summed E-state index contributed by atoms with van der Waals surface area (Å²) in [6.07, 6.45) is 2.73. The predicted octanol–water partition coefficient (Wildman–Crippen LogP) is 3.66. The van der Waals surface area contributed by atoms with E-state index in [9.17, 15) is 0 Å². The smallest absolute Gasteiger partial charge is 0.0422 e. The van der Waals surface area contributed by atoms with E-state index in [0.29, 0.717) is 0 Å². The van der Waals surface area contributed by atoms with Gasteiger partial charge in [-0.2, -0.15) is 0 Å². The van der Waals surface area contributed by atoms with Gasteiger partial charge >= 0.3 is 0 Å². The maximum atomic E-state index is 4.39. The molecule has 0 aliphatic carbocycles. The van der Waals surface area contributed by atoms with Crippen LogP contribution in [0.4, 0.5) is 0 Å². The number of pyridine rings is 1. The van der Waals surface area contributed by atoms with E-state index in [1.165, 1.54) is 11.1 Å². The van der Waals surface area contributed by atoms with Crippen molar-refractivity contribution in [2.75, 3.05) is 7.05 Å². The fourth-order valence-corrected chi connectivity index (χ4v) is 2.55. The zero-order valence-electron chi connectivity index (χ0n) is 10.7. The first kappa shape index (κ1) is 13.2. The summed E-state index contributed by atoms with van der Waals surface area (Å²) >= 11 is 3.62. The van der Waals surface area contributed by atoms with Crippen LogP contribution in [-0.2, 0) is 6.42 Å². The molecule has 0 spiro atoms. The molecular formula is C15H17BrN2. The number of nitrogens with zero attached hydrogens (tertiary/aromatic N) is 1. The highest BCUT2D eigenvalue weighted by atomic mass is 79.9. The van der Waals surface area contributed by atoms with Gasteiger partial charge in [-0.1, -0.05) is 39.7 Å². The van der Waals surface area contributed by atoms with E-state index in [-0.39, 0.29) is 6.04 Å². The minimum absolute atomic E-state index is 0.272. The molecule has 3 heteroatoms. The Hall–Kier alpha value is -1.19. The average Bonchev–Trinajstić information content (AvgIpc) is 2.40. The molecule has 0 radical (unpaired) electrons. The standard InChI is InChI=1S/C15H17BrN2/c1-11-6-7-14(16)13(9-11)15(17-2)10-12-5-3-4-8-18-12/h3-9,15,17H,10H2,1-2H3. The van der Waals surface area contributed by atoms with Gasteiger partial charge in [-0.3, -0.25) is 4.98 Å². The fourth-order valence-electron chi connectivity index (χ4n) is 2.03. The lowest BCUT2D eigenvalue weighted by Gasteiger charge is -2.18. The summed E-state index contributed by atoms with van der Waals surface area (Å²) in [5, 5.41) is 3.36. The topological polar surface area (TPSA) is 24.9 Å². The Balaban J connectivity index is 2.26. The van der Waals surface area contributed by atoms with Crippen molar-refractivity contribution in [3.63, 3.8) is 0 Å². The van der Waals surface area contributed by atoms with Gasteiger partial charge in [0, 0.05) is 28.8 Å². The molecule has 1 aromatic carbocycles. The molecule has 2 rings (SSSR count). The maximum Gasteiger partial charge on any atom is 0.0422 e. The second-order valence-electron chi connectivity index (χ2n) is 4.39. The Bertz CT molecular complexity index is 511. The van der Waals surface area contributed by atoms with Gasteiger partial charge < -0.3 is 5.32 Å². The van der Waals surface area contributed by atoms with Crippen molar-refractivity contribution in [2.24, 2.45) is 0 Å². The van der Waals surface area contributed by atoms with Crippen molar-refractivity contribution in [2.45, 2.75) is 19.4 Å². The lowest BCUT2D eigenvalue weighted by atomic mass is 10.00. The molecule has 1 atom stereocenters. The van der Waals surface area contributed by atoms with Crippen LogP contribution < -0.4 is 5.32 Å². The molecule has 0 aliphatic heterocycles. The minimum Gasteiger partial charge on any atom is -0.313 e. The van der Waals surface area contributed by atoms with E-state index in [4.69, 9.17) is 0 Å². The molecule has 0 aliphatic rings. The van der Waals surface area contributed by atoms with Gasteiger partial charge in [-0.15, -0.1) is 0 Å². The van der Waals surface area contributed by atoms with Gasteiger partial charge in [-0.25, -0.2) is 0 Å². The van der Waals surface area contributed by atoms with Crippen molar-refractivity contribution in [3.05, 3.63) is 63.9 Å². The highest BCUT2D eigenvalue weighted by Gasteiger charge is 2.13. The second-order valence-corrected chi connectivity index (χ2v) is 5.25. The molecule has 2 nitrogen and oxygen atoms in total. The monoisotopic (exact) mass is 304 g/mol. The van der Waals surface area contributed by atoms with E-state index >= 15 is 0 Å². The minimum atomic E-state index is 0.272. The highest BCUT2D eigenvalue weighted by Crippen LogP contribution is 2.26. The van der Waals surface area contributed by atoms with E-state index in [2.05, 4.69) is 57.4 Å². The Labute approximate surface area is 117 Å². The van der Waals surface area contributed by atoms with Gasteiger partial charge in [0.1, 0.15) is 0 Å². The molecule has 0 saturated heterocycles. The summed E-state index contributed by atoms with van der Waals surface area (Å²) in [4.78, 5) is 4.39. The Morgan fingerprint density at radius 1 is 1.28 bits per heavy atom. The highest BCUT2D eigenvalue weighted by molar-refractivity contribution is 9.10. The molecule has 94 valence electrons. The summed E-state index contributed by atoms with van der Waals surface area (Å²) in [6, 6.07) is 12.7. The van der Waals surface area contributed by atoms with Crippen molar-refractivity contribution in [1.82, 2.24) is 10.3 Å². The van der Waals surface area contributed by atoms with Crippen molar-refractivity contribution >= 4 is 15.9 Å². The third-order valence-corrected chi connectivity index (χ3v) is 3.74. The summed E-state index contributed by atoms with van der Waals surface area (Å²) in [7, 11) is 1.99. The van der Waals surface area contributed by atoms with Crippen molar-refractivity contribution in [3.8, 4) is 0 Å². The number of rotatable bonds is 4. The summed E-state index contributed by atoms with van der Waals surface area (Å²) in [5.41, 5.74) is 3.66. The molecule has 1 heterocycles. The Morgan fingerprint density at radius 2 is 2.11 bits per heavy atom. The van der Waals surface area contributed by atoms with E-state index in [1.807, 2.05) is 25.4 Å². The first-order chi connectivity index (χ1) is 8.70. The van der Waals surface area contributed by atoms with E-state index in [0.717, 1.165) is 16.6 Å². The first-order valence-corrected chi connectivity index (χ1v) is 6.83. The van der Waals surface area contributed by atoms with Crippen molar-refractivity contribution in [1.29, 1.82) is 0 Å². The van der Waals surface area contributed by atoms with Crippen molar-refractivity contribution < 1.29 is 0 Å². The molecule has 1 aromatic heterocycles. The molecule has 0 bridgehead atoms. The van der Waals surface area contributed by atoms with Crippen LogP contribution in [0.3, 0.4) is 0 Å². The van der Waals surface area contributed by atoms with E-state index in [1.54, 1.807) is 0 Å². The lowest BCUT2D eigenvalue weighted by Crippen LogP contribution is -2.20. The number of hydrogen-bond donors (Lipinski definition) is 1. The number of hydrogen-bond acceptors (Lipinski definition) is 2. The Kier molecular flexibility index (Phi) is 4.50. The molecule has 1 unspecified atom stereocenters. The number of halogens is 1. The number of aryl methyl sites for hydroxylation is 1. The summed E-state index contributed by atoms with van der Waals surface area (Å²) in [5.74, 6) is 0. The average molecular weight is 305 g/mol. The molecular weight excluding hydrogens is 288 g/mol. The molecule has 2 aromatic rings. The first-order valence-electron chi connectivity index (χ1n) is 6.04. The zero-order chi connectivity index (χ0) is 13.0. The summed E-state index contributed by atoms with van der Waals surface area (Å²) < 4.78 is 1.14. The molecule has 0 fully saturated rings. The second kappa shape index (κ2) is 6.12. The van der Waals surface area contributed by atoms with Crippen LogP contribution in [0.15, 0.2) is 47.1 Å². The fraction of sp³-hybridized carbons (Fsp3) is 0.267. The van der Waals surface area contributed by atoms with E-state index < -0.39 is 0 Å². The molecule has 1 N–H and O–H groups in total.